The fourth-order valence-electron chi connectivity index (χ4n) is 1.01. The molecule has 5 heteroatoms. The van der Waals surface area contributed by atoms with E-state index in [0.29, 0.717) is 16.1 Å². The van der Waals surface area contributed by atoms with Gasteiger partial charge in [0, 0.05) is 22.2 Å². The van der Waals surface area contributed by atoms with Crippen molar-refractivity contribution in [3.8, 4) is 0 Å². The molecule has 0 aliphatic carbocycles. The topological polar surface area (TPSA) is 46.5 Å². The summed E-state index contributed by atoms with van der Waals surface area (Å²) in [6, 6.07) is 2.91. The smallest absolute Gasteiger partial charge is 0.335 e. The van der Waals surface area contributed by atoms with Gasteiger partial charge in [0.15, 0.2) is 0 Å². The van der Waals surface area contributed by atoms with E-state index in [1.807, 2.05) is 0 Å². The van der Waals surface area contributed by atoms with Crippen molar-refractivity contribution in [3.05, 3.63) is 32.8 Å². The molecule has 0 fully saturated rings. The Hall–Kier alpha value is -0.580. The van der Waals surface area contributed by atoms with E-state index in [-0.39, 0.29) is 5.56 Å². The third kappa shape index (κ3) is 2.47. The van der Waals surface area contributed by atoms with E-state index in [9.17, 15) is 4.79 Å². The molecule has 3 nitrogen and oxygen atoms in total. The van der Waals surface area contributed by atoms with Crippen LogP contribution in [0.3, 0.4) is 0 Å². The number of ether oxygens (including phenoxy) is 1. The van der Waals surface area contributed by atoms with Crippen LogP contribution in [-0.2, 0) is 11.3 Å². The number of hydrogen-bond donors (Lipinski definition) is 1. The van der Waals surface area contributed by atoms with Crippen LogP contribution in [0.5, 0.6) is 0 Å². The minimum absolute atomic E-state index is 0.154. The highest BCUT2D eigenvalue weighted by Crippen LogP contribution is 2.27. The molecule has 0 atom stereocenters. The van der Waals surface area contributed by atoms with Crippen LogP contribution >= 0.6 is 27.5 Å². The highest BCUT2D eigenvalue weighted by atomic mass is 79.9. The van der Waals surface area contributed by atoms with Gasteiger partial charge in [-0.3, -0.25) is 0 Å². The lowest BCUT2D eigenvalue weighted by molar-refractivity contribution is 0.0696. The largest absolute Gasteiger partial charge is 0.478 e. The Balaban J connectivity index is 3.18. The number of carbonyl (C=O) groups is 1. The molecule has 1 aromatic carbocycles. The van der Waals surface area contributed by atoms with Crippen LogP contribution in [0.15, 0.2) is 16.6 Å². The van der Waals surface area contributed by atoms with E-state index in [4.69, 9.17) is 21.4 Å². The standard InChI is InChI=1S/C9H8BrClO3/c1-14-4-6-7(10)2-5(9(12)13)3-8(6)11/h2-3H,4H2,1H3,(H,12,13). The van der Waals surface area contributed by atoms with Crippen molar-refractivity contribution in [1.29, 1.82) is 0 Å². The van der Waals surface area contributed by atoms with Gasteiger partial charge in [-0.1, -0.05) is 27.5 Å². The first kappa shape index (κ1) is 11.5. The number of rotatable bonds is 3. The van der Waals surface area contributed by atoms with Gasteiger partial charge >= 0.3 is 5.97 Å². The summed E-state index contributed by atoms with van der Waals surface area (Å²) in [4.78, 5) is 10.7. The molecule has 0 saturated carbocycles. The second kappa shape index (κ2) is 4.77. The molecule has 0 amide bonds. The Kier molecular flexibility index (Phi) is 3.92. The van der Waals surface area contributed by atoms with Gasteiger partial charge in [-0.2, -0.15) is 0 Å². The van der Waals surface area contributed by atoms with Crippen LogP contribution in [0.4, 0.5) is 0 Å². The molecule has 0 heterocycles. The zero-order chi connectivity index (χ0) is 10.7. The van der Waals surface area contributed by atoms with E-state index in [0.717, 1.165) is 5.56 Å². The molecule has 0 aliphatic heterocycles. The molecule has 0 aliphatic rings. The highest BCUT2D eigenvalue weighted by molar-refractivity contribution is 9.10. The summed E-state index contributed by atoms with van der Waals surface area (Å²) in [6.07, 6.45) is 0. The predicted octanol–water partition coefficient (Wildman–Crippen LogP) is 2.95. The van der Waals surface area contributed by atoms with Crippen LogP contribution in [0.2, 0.25) is 5.02 Å². The summed E-state index contributed by atoms with van der Waals surface area (Å²) in [5.74, 6) is -1.00. The Labute approximate surface area is 94.8 Å². The Morgan fingerprint density at radius 1 is 1.64 bits per heavy atom. The summed E-state index contributed by atoms with van der Waals surface area (Å²) in [5, 5.41) is 9.13. The van der Waals surface area contributed by atoms with Crippen LogP contribution in [-0.4, -0.2) is 18.2 Å². The van der Waals surface area contributed by atoms with Gasteiger partial charge in [0.05, 0.1) is 12.2 Å². The summed E-state index contributed by atoms with van der Waals surface area (Å²) in [7, 11) is 1.55. The number of aromatic carboxylic acids is 1. The van der Waals surface area contributed by atoms with Crippen molar-refractivity contribution in [2.75, 3.05) is 7.11 Å². The number of halogens is 2. The van der Waals surface area contributed by atoms with Crippen LogP contribution in [0.1, 0.15) is 15.9 Å². The molecular weight excluding hydrogens is 271 g/mol. The lowest BCUT2D eigenvalue weighted by Gasteiger charge is -2.07. The van der Waals surface area contributed by atoms with Gasteiger partial charge in [0.2, 0.25) is 0 Å². The monoisotopic (exact) mass is 278 g/mol. The minimum Gasteiger partial charge on any atom is -0.478 e. The van der Waals surface area contributed by atoms with Crippen molar-refractivity contribution in [2.24, 2.45) is 0 Å². The van der Waals surface area contributed by atoms with Gasteiger partial charge in [0.1, 0.15) is 0 Å². The molecule has 0 aromatic heterocycles. The van der Waals surface area contributed by atoms with Gasteiger partial charge in [-0.25, -0.2) is 4.79 Å². The van der Waals surface area contributed by atoms with Gasteiger partial charge < -0.3 is 9.84 Å². The molecule has 0 saturated heterocycles. The number of hydrogen-bond acceptors (Lipinski definition) is 2. The maximum Gasteiger partial charge on any atom is 0.335 e. The molecule has 0 spiro atoms. The van der Waals surface area contributed by atoms with Crippen molar-refractivity contribution in [2.45, 2.75) is 6.61 Å². The first-order chi connectivity index (χ1) is 6.56. The van der Waals surface area contributed by atoms with Crippen molar-refractivity contribution >= 4 is 33.5 Å². The lowest BCUT2D eigenvalue weighted by atomic mass is 10.1. The fourth-order valence-corrected chi connectivity index (χ4v) is 1.97. The molecule has 1 N–H and O–H groups in total. The summed E-state index contributed by atoms with van der Waals surface area (Å²) >= 11 is 9.12. The summed E-state index contributed by atoms with van der Waals surface area (Å²) in [5.41, 5.74) is 0.904. The number of carboxylic acids is 1. The number of methoxy groups -OCH3 is 1. The second-order valence-electron chi connectivity index (χ2n) is 2.66. The maximum atomic E-state index is 10.7. The van der Waals surface area contributed by atoms with E-state index < -0.39 is 5.97 Å². The van der Waals surface area contributed by atoms with E-state index in [1.54, 1.807) is 7.11 Å². The zero-order valence-corrected chi connectivity index (χ0v) is 9.72. The first-order valence-corrected chi connectivity index (χ1v) is 4.93. The van der Waals surface area contributed by atoms with Crippen molar-refractivity contribution in [3.63, 3.8) is 0 Å². The molecule has 0 bridgehead atoms. The zero-order valence-electron chi connectivity index (χ0n) is 7.38. The number of carboxylic acid groups (broad SMARTS) is 1. The Morgan fingerprint density at radius 2 is 2.29 bits per heavy atom. The minimum atomic E-state index is -1.00. The Morgan fingerprint density at radius 3 is 2.71 bits per heavy atom. The van der Waals surface area contributed by atoms with Gasteiger partial charge in [0.25, 0.3) is 0 Å². The third-order valence-electron chi connectivity index (χ3n) is 1.68. The molecule has 0 radical (unpaired) electrons. The Bertz CT molecular complexity index is 342. The van der Waals surface area contributed by atoms with E-state index >= 15 is 0 Å². The van der Waals surface area contributed by atoms with Crippen LogP contribution < -0.4 is 0 Å². The molecule has 0 unspecified atom stereocenters. The van der Waals surface area contributed by atoms with Crippen molar-refractivity contribution in [1.82, 2.24) is 0 Å². The molecular formula is C9H8BrClO3. The van der Waals surface area contributed by atoms with Crippen molar-refractivity contribution < 1.29 is 14.6 Å². The lowest BCUT2D eigenvalue weighted by Crippen LogP contribution is -1.99. The van der Waals surface area contributed by atoms with Gasteiger partial charge in [-0.05, 0) is 12.1 Å². The van der Waals surface area contributed by atoms with Crippen LogP contribution in [0.25, 0.3) is 0 Å². The normalized spacial score (nSPS) is 10.2. The number of benzene rings is 1. The average molecular weight is 280 g/mol. The SMILES string of the molecule is COCc1c(Cl)cc(C(=O)O)cc1Br. The van der Waals surface area contributed by atoms with Crippen LogP contribution in [0, 0.1) is 0 Å². The highest BCUT2D eigenvalue weighted by Gasteiger charge is 2.11. The molecule has 14 heavy (non-hydrogen) atoms. The van der Waals surface area contributed by atoms with E-state index in [2.05, 4.69) is 15.9 Å². The summed E-state index contributed by atoms with van der Waals surface area (Å²) in [6.45, 7) is 0.347. The third-order valence-corrected chi connectivity index (χ3v) is 2.72. The molecule has 1 aromatic rings. The van der Waals surface area contributed by atoms with E-state index in [1.165, 1.54) is 12.1 Å². The average Bonchev–Trinajstić information content (AvgIpc) is 2.10. The molecule has 1 rings (SSSR count). The first-order valence-electron chi connectivity index (χ1n) is 3.76. The fraction of sp³-hybridized carbons (Fsp3) is 0.222. The predicted molar refractivity (Wildman–Crippen MR) is 56.8 cm³/mol. The quantitative estimate of drug-likeness (QED) is 0.925. The van der Waals surface area contributed by atoms with Gasteiger partial charge in [-0.15, -0.1) is 0 Å². The maximum absolute atomic E-state index is 10.7. The molecule has 76 valence electrons. The summed E-state index contributed by atoms with van der Waals surface area (Å²) < 4.78 is 5.57. The second-order valence-corrected chi connectivity index (χ2v) is 3.92.